The van der Waals surface area contributed by atoms with Crippen molar-refractivity contribution in [1.82, 2.24) is 4.90 Å². The fraction of sp³-hybridized carbons (Fsp3) is 0.188. The molecule has 0 aliphatic heterocycles. The Hall–Kier alpha value is -1.79. The molecule has 1 aromatic carbocycles. The molecule has 0 spiro atoms. The summed E-state index contributed by atoms with van der Waals surface area (Å²) in [5, 5.41) is 0. The first-order valence-electron chi connectivity index (χ1n) is 6.60. The molecule has 0 bridgehead atoms. The highest BCUT2D eigenvalue weighted by molar-refractivity contribution is 7.16. The highest BCUT2D eigenvalue weighted by atomic mass is 35.5. The second-order valence-electron chi connectivity index (χ2n) is 4.85. The molecule has 0 unspecified atom stereocenters. The van der Waals surface area contributed by atoms with Crippen LogP contribution in [-0.4, -0.2) is 17.9 Å². The molecule has 7 heteroatoms. The van der Waals surface area contributed by atoms with Gasteiger partial charge in [0.2, 0.25) is 5.91 Å². The van der Waals surface area contributed by atoms with Crippen LogP contribution in [0.5, 0.6) is 0 Å². The number of rotatable bonds is 4. The van der Waals surface area contributed by atoms with Gasteiger partial charge in [0.1, 0.15) is 0 Å². The van der Waals surface area contributed by atoms with E-state index in [0.717, 1.165) is 17.0 Å². The van der Waals surface area contributed by atoms with Crippen molar-refractivity contribution in [1.29, 1.82) is 0 Å². The van der Waals surface area contributed by atoms with E-state index in [1.165, 1.54) is 40.5 Å². The summed E-state index contributed by atoms with van der Waals surface area (Å²) in [4.78, 5) is 14.4. The molecule has 122 valence electrons. The number of hydrogen-bond donors (Lipinski definition) is 0. The van der Waals surface area contributed by atoms with Gasteiger partial charge in [-0.25, -0.2) is 0 Å². The minimum absolute atomic E-state index is 0.241. The predicted octanol–water partition coefficient (Wildman–Crippen LogP) is 5.09. The second-order valence-corrected chi connectivity index (χ2v) is 6.65. The molecule has 0 fully saturated rings. The molecule has 0 saturated carbocycles. The normalized spacial score (nSPS) is 11.9. The van der Waals surface area contributed by atoms with Crippen molar-refractivity contribution in [2.75, 3.05) is 7.05 Å². The number of halogens is 4. The SMILES string of the molecule is CN(Cc1ccc(Cl)s1)C(=O)/C=C/c1ccc(C(F)(F)F)cc1. The summed E-state index contributed by atoms with van der Waals surface area (Å²) in [6, 6.07) is 8.23. The van der Waals surface area contributed by atoms with Crippen LogP contribution < -0.4 is 0 Å². The van der Waals surface area contributed by atoms with E-state index in [1.807, 2.05) is 6.07 Å². The van der Waals surface area contributed by atoms with E-state index in [-0.39, 0.29) is 5.91 Å². The van der Waals surface area contributed by atoms with Gasteiger partial charge in [-0.05, 0) is 35.9 Å². The number of alkyl halides is 3. The van der Waals surface area contributed by atoms with Gasteiger partial charge < -0.3 is 4.90 Å². The van der Waals surface area contributed by atoms with Gasteiger partial charge in [0.15, 0.2) is 0 Å². The molecule has 2 nitrogen and oxygen atoms in total. The lowest BCUT2D eigenvalue weighted by Crippen LogP contribution is -2.23. The van der Waals surface area contributed by atoms with Gasteiger partial charge in [-0.1, -0.05) is 23.7 Å². The summed E-state index contributed by atoms with van der Waals surface area (Å²) in [5.74, 6) is -0.241. The zero-order chi connectivity index (χ0) is 17.0. The van der Waals surface area contributed by atoms with Crippen molar-refractivity contribution in [2.45, 2.75) is 12.7 Å². The van der Waals surface area contributed by atoms with E-state index in [0.29, 0.717) is 16.4 Å². The molecule has 1 amide bonds. The highest BCUT2D eigenvalue weighted by Gasteiger charge is 2.29. The Morgan fingerprint density at radius 1 is 1.22 bits per heavy atom. The summed E-state index contributed by atoms with van der Waals surface area (Å²) in [6.07, 6.45) is -1.54. The van der Waals surface area contributed by atoms with Crippen LogP contribution in [0.1, 0.15) is 16.0 Å². The smallest absolute Gasteiger partial charge is 0.337 e. The van der Waals surface area contributed by atoms with Gasteiger partial charge in [-0.3, -0.25) is 4.79 Å². The molecular formula is C16H13ClF3NOS. The monoisotopic (exact) mass is 359 g/mol. The first-order chi connectivity index (χ1) is 10.8. The van der Waals surface area contributed by atoms with Crippen LogP contribution in [0.4, 0.5) is 13.2 Å². The van der Waals surface area contributed by atoms with Crippen LogP contribution in [0.25, 0.3) is 6.08 Å². The molecule has 23 heavy (non-hydrogen) atoms. The number of thiophene rings is 1. The molecule has 1 heterocycles. The molecule has 0 radical (unpaired) electrons. The third-order valence-corrected chi connectivity index (χ3v) is 4.27. The third-order valence-electron chi connectivity index (χ3n) is 3.05. The second kappa shape index (κ2) is 7.19. The topological polar surface area (TPSA) is 20.3 Å². The van der Waals surface area contributed by atoms with Crippen molar-refractivity contribution in [2.24, 2.45) is 0 Å². The zero-order valence-corrected chi connectivity index (χ0v) is 13.7. The van der Waals surface area contributed by atoms with Crippen molar-refractivity contribution in [3.05, 3.63) is 62.8 Å². The third kappa shape index (κ3) is 5.11. The fourth-order valence-corrected chi connectivity index (χ4v) is 2.97. The van der Waals surface area contributed by atoms with E-state index >= 15 is 0 Å². The number of amides is 1. The average molecular weight is 360 g/mol. The maximum atomic E-state index is 12.5. The van der Waals surface area contributed by atoms with E-state index in [9.17, 15) is 18.0 Å². The Kier molecular flexibility index (Phi) is 5.49. The summed E-state index contributed by atoms with van der Waals surface area (Å²) in [7, 11) is 1.65. The van der Waals surface area contributed by atoms with E-state index < -0.39 is 11.7 Å². The van der Waals surface area contributed by atoms with Crippen molar-refractivity contribution in [3.63, 3.8) is 0 Å². The average Bonchev–Trinajstić information content (AvgIpc) is 2.89. The highest BCUT2D eigenvalue weighted by Crippen LogP contribution is 2.29. The predicted molar refractivity (Wildman–Crippen MR) is 86.3 cm³/mol. The molecule has 0 N–H and O–H groups in total. The lowest BCUT2D eigenvalue weighted by molar-refractivity contribution is -0.137. The molecule has 0 aliphatic carbocycles. The first kappa shape index (κ1) is 17.6. The number of carbonyl (C=O) groups excluding carboxylic acids is 1. The van der Waals surface area contributed by atoms with Crippen LogP contribution in [0.3, 0.4) is 0 Å². The van der Waals surface area contributed by atoms with Crippen LogP contribution in [0, 0.1) is 0 Å². The minimum atomic E-state index is -4.36. The molecule has 2 rings (SSSR count). The van der Waals surface area contributed by atoms with E-state index in [2.05, 4.69) is 0 Å². The van der Waals surface area contributed by atoms with Crippen LogP contribution in [0.15, 0.2) is 42.5 Å². The van der Waals surface area contributed by atoms with Crippen molar-refractivity contribution < 1.29 is 18.0 Å². The quantitative estimate of drug-likeness (QED) is 0.696. The molecule has 2 aromatic rings. The maximum absolute atomic E-state index is 12.5. The summed E-state index contributed by atoms with van der Waals surface area (Å²) < 4.78 is 38.0. The summed E-state index contributed by atoms with van der Waals surface area (Å²) in [5.41, 5.74) is -0.188. The van der Waals surface area contributed by atoms with Crippen molar-refractivity contribution in [3.8, 4) is 0 Å². The number of likely N-dealkylation sites (N-methyl/N-ethyl adjacent to an activating group) is 1. The Labute approximate surface area is 140 Å². The Morgan fingerprint density at radius 2 is 1.87 bits per heavy atom. The maximum Gasteiger partial charge on any atom is 0.416 e. The van der Waals surface area contributed by atoms with E-state index in [1.54, 1.807) is 13.1 Å². The lowest BCUT2D eigenvalue weighted by Gasteiger charge is -2.13. The standard InChI is InChI=1S/C16H13ClF3NOS/c1-21(10-13-7-8-14(17)23-13)15(22)9-4-11-2-5-12(6-3-11)16(18,19)20/h2-9H,10H2,1H3/b9-4+. The van der Waals surface area contributed by atoms with Gasteiger partial charge in [-0.2, -0.15) is 13.2 Å². The number of nitrogens with zero attached hydrogens (tertiary/aromatic N) is 1. The van der Waals surface area contributed by atoms with Crippen LogP contribution in [0.2, 0.25) is 4.34 Å². The van der Waals surface area contributed by atoms with E-state index in [4.69, 9.17) is 11.6 Å². The minimum Gasteiger partial charge on any atom is -0.337 e. The zero-order valence-electron chi connectivity index (χ0n) is 12.1. The Balaban J connectivity index is 1.97. The van der Waals surface area contributed by atoms with Gasteiger partial charge in [-0.15, -0.1) is 11.3 Å². The van der Waals surface area contributed by atoms with Crippen LogP contribution in [-0.2, 0) is 17.5 Å². The van der Waals surface area contributed by atoms with Crippen molar-refractivity contribution >= 4 is 34.9 Å². The Bertz CT molecular complexity index is 707. The molecule has 0 saturated heterocycles. The fourth-order valence-electron chi connectivity index (χ4n) is 1.83. The summed E-state index contributed by atoms with van der Waals surface area (Å²) >= 11 is 7.22. The molecular weight excluding hydrogens is 347 g/mol. The number of benzene rings is 1. The molecule has 1 aromatic heterocycles. The van der Waals surface area contributed by atoms with Crippen LogP contribution >= 0.6 is 22.9 Å². The summed E-state index contributed by atoms with van der Waals surface area (Å²) in [6.45, 7) is 0.424. The van der Waals surface area contributed by atoms with Gasteiger partial charge >= 0.3 is 6.18 Å². The number of carbonyl (C=O) groups is 1. The largest absolute Gasteiger partial charge is 0.416 e. The van der Waals surface area contributed by atoms with Gasteiger partial charge in [0.25, 0.3) is 0 Å². The van der Waals surface area contributed by atoms with Gasteiger partial charge in [0, 0.05) is 18.0 Å². The lowest BCUT2D eigenvalue weighted by atomic mass is 10.1. The number of hydrogen-bond acceptors (Lipinski definition) is 2. The molecule has 0 aliphatic rings. The Morgan fingerprint density at radius 3 is 2.39 bits per heavy atom. The first-order valence-corrected chi connectivity index (χ1v) is 7.80. The van der Waals surface area contributed by atoms with Gasteiger partial charge in [0.05, 0.1) is 16.4 Å². The molecule has 0 atom stereocenters.